The topological polar surface area (TPSA) is 80.1 Å². The first-order chi connectivity index (χ1) is 13.2. The summed E-state index contributed by atoms with van der Waals surface area (Å²) < 4.78 is 21.3. The van der Waals surface area contributed by atoms with Crippen molar-refractivity contribution in [1.82, 2.24) is 0 Å². The summed E-state index contributed by atoms with van der Waals surface area (Å²) in [6.45, 7) is 4.03. The number of nitrogens with zero attached hydrogens (tertiary/aromatic N) is 2. The zero-order chi connectivity index (χ0) is 18.6. The zero-order valence-electron chi connectivity index (χ0n) is 14.9. The highest BCUT2D eigenvalue weighted by molar-refractivity contribution is 5.99. The third-order valence-corrected chi connectivity index (χ3v) is 4.09. The third kappa shape index (κ3) is 3.74. The van der Waals surface area contributed by atoms with Crippen LogP contribution in [0.2, 0.25) is 0 Å². The number of fused-ring (bicyclic) bond motifs is 2. The number of ether oxygens (including phenoxy) is 4. The SMILES string of the molecule is C/C(=N/OCO/N=C(\C)c1ccc2c(c1)OCO2)c1ccc2c(c1)OCO2. The summed E-state index contributed by atoms with van der Waals surface area (Å²) in [6.07, 6.45) is 0. The Morgan fingerprint density at radius 2 is 1.19 bits per heavy atom. The monoisotopic (exact) mass is 370 g/mol. The Kier molecular flexibility index (Phi) is 4.69. The molecule has 27 heavy (non-hydrogen) atoms. The maximum atomic E-state index is 5.35. The second-order valence-corrected chi connectivity index (χ2v) is 5.87. The van der Waals surface area contributed by atoms with Crippen molar-refractivity contribution in [2.45, 2.75) is 13.8 Å². The lowest BCUT2D eigenvalue weighted by molar-refractivity contribution is -0.0505. The molecule has 0 atom stereocenters. The summed E-state index contributed by atoms with van der Waals surface area (Å²) >= 11 is 0. The van der Waals surface area contributed by atoms with Crippen LogP contribution in [0.4, 0.5) is 0 Å². The highest BCUT2D eigenvalue weighted by atomic mass is 16.8. The minimum Gasteiger partial charge on any atom is -0.454 e. The minimum absolute atomic E-state index is 0.107. The van der Waals surface area contributed by atoms with E-state index in [1.807, 2.05) is 50.2 Å². The Morgan fingerprint density at radius 1 is 0.741 bits per heavy atom. The second-order valence-electron chi connectivity index (χ2n) is 5.87. The summed E-state index contributed by atoms with van der Waals surface area (Å²) in [5, 5.41) is 8.05. The Balaban J connectivity index is 1.30. The molecule has 0 bridgehead atoms. The lowest BCUT2D eigenvalue weighted by Crippen LogP contribution is -2.00. The van der Waals surface area contributed by atoms with Gasteiger partial charge >= 0.3 is 0 Å². The van der Waals surface area contributed by atoms with E-state index in [9.17, 15) is 0 Å². The molecule has 0 spiro atoms. The van der Waals surface area contributed by atoms with Gasteiger partial charge < -0.3 is 28.6 Å². The predicted molar refractivity (Wildman–Crippen MR) is 96.6 cm³/mol. The molecule has 4 rings (SSSR count). The van der Waals surface area contributed by atoms with Gasteiger partial charge in [0.15, 0.2) is 23.0 Å². The molecule has 0 aliphatic carbocycles. The third-order valence-electron chi connectivity index (χ3n) is 4.09. The van der Waals surface area contributed by atoms with Crippen LogP contribution in [-0.2, 0) is 9.68 Å². The van der Waals surface area contributed by atoms with Crippen molar-refractivity contribution in [1.29, 1.82) is 0 Å². The van der Waals surface area contributed by atoms with E-state index in [0.29, 0.717) is 22.9 Å². The van der Waals surface area contributed by atoms with Crippen molar-refractivity contribution in [2.24, 2.45) is 10.3 Å². The predicted octanol–water partition coefficient (Wildman–Crippen LogP) is 3.28. The Hall–Kier alpha value is -3.42. The molecule has 0 amide bonds. The Labute approximate surface area is 155 Å². The molecule has 0 saturated carbocycles. The van der Waals surface area contributed by atoms with E-state index in [-0.39, 0.29) is 20.4 Å². The lowest BCUT2D eigenvalue weighted by Gasteiger charge is -2.04. The highest BCUT2D eigenvalue weighted by Crippen LogP contribution is 2.33. The van der Waals surface area contributed by atoms with Crippen molar-refractivity contribution in [3.05, 3.63) is 47.5 Å². The van der Waals surface area contributed by atoms with Crippen molar-refractivity contribution in [3.8, 4) is 23.0 Å². The quantitative estimate of drug-likeness (QED) is 0.336. The van der Waals surface area contributed by atoms with Crippen LogP contribution in [0.3, 0.4) is 0 Å². The van der Waals surface area contributed by atoms with E-state index in [1.54, 1.807) is 0 Å². The number of hydrogen-bond acceptors (Lipinski definition) is 8. The molecular weight excluding hydrogens is 352 g/mol. The molecule has 2 aliphatic rings. The minimum atomic E-state index is -0.107. The molecule has 0 radical (unpaired) electrons. The molecule has 8 heteroatoms. The fourth-order valence-corrected chi connectivity index (χ4v) is 2.62. The molecule has 0 saturated heterocycles. The summed E-state index contributed by atoms with van der Waals surface area (Å²) in [6, 6.07) is 11.2. The van der Waals surface area contributed by atoms with E-state index in [4.69, 9.17) is 28.6 Å². The summed E-state index contributed by atoms with van der Waals surface area (Å²) in [7, 11) is 0. The number of benzene rings is 2. The van der Waals surface area contributed by atoms with Crippen molar-refractivity contribution < 1.29 is 28.6 Å². The number of rotatable bonds is 6. The van der Waals surface area contributed by atoms with Crippen LogP contribution in [-0.4, -0.2) is 31.8 Å². The van der Waals surface area contributed by atoms with Crippen molar-refractivity contribution >= 4 is 11.4 Å². The van der Waals surface area contributed by atoms with E-state index in [0.717, 1.165) is 22.6 Å². The Bertz CT molecular complexity index is 836. The zero-order valence-corrected chi connectivity index (χ0v) is 14.9. The summed E-state index contributed by atoms with van der Waals surface area (Å²) in [5.74, 6) is 2.85. The van der Waals surface area contributed by atoms with Gasteiger partial charge in [0.05, 0.1) is 11.4 Å². The van der Waals surface area contributed by atoms with E-state index in [1.165, 1.54) is 0 Å². The van der Waals surface area contributed by atoms with Gasteiger partial charge in [-0.3, -0.25) is 0 Å². The standard InChI is InChI=1S/C19H18N2O6/c1-12(14-3-5-16-18(7-14)24-9-22-16)20-26-11-27-21-13(2)15-4-6-17-19(8-15)25-10-23-17/h3-8H,9-11H2,1-2H3/b20-12-,21-13+. The van der Waals surface area contributed by atoms with Crippen LogP contribution in [0.15, 0.2) is 46.7 Å². The van der Waals surface area contributed by atoms with Crippen molar-refractivity contribution in [2.75, 3.05) is 20.4 Å². The first-order valence-electron chi connectivity index (χ1n) is 8.34. The molecule has 0 unspecified atom stereocenters. The molecule has 140 valence electrons. The van der Waals surface area contributed by atoms with Gasteiger partial charge in [0.2, 0.25) is 13.6 Å². The smallest absolute Gasteiger partial charge is 0.280 e. The second kappa shape index (κ2) is 7.45. The van der Waals surface area contributed by atoms with Crippen molar-refractivity contribution in [3.63, 3.8) is 0 Å². The molecular formula is C19H18N2O6. The Morgan fingerprint density at radius 3 is 1.67 bits per heavy atom. The molecule has 2 aliphatic heterocycles. The normalized spacial score (nSPS) is 15.0. The highest BCUT2D eigenvalue weighted by Gasteiger charge is 2.15. The van der Waals surface area contributed by atoms with Gasteiger partial charge in [-0.1, -0.05) is 10.3 Å². The summed E-state index contributed by atoms with van der Waals surface area (Å²) in [4.78, 5) is 10.3. The fraction of sp³-hybridized carbons (Fsp3) is 0.263. The van der Waals surface area contributed by atoms with E-state index in [2.05, 4.69) is 10.3 Å². The largest absolute Gasteiger partial charge is 0.454 e. The average Bonchev–Trinajstić information content (AvgIpc) is 3.34. The summed E-state index contributed by atoms with van der Waals surface area (Å²) in [5.41, 5.74) is 3.13. The van der Waals surface area contributed by atoms with Crippen LogP contribution in [0.25, 0.3) is 0 Å². The molecule has 2 aromatic carbocycles. The van der Waals surface area contributed by atoms with Crippen LogP contribution < -0.4 is 18.9 Å². The van der Waals surface area contributed by atoms with Crippen LogP contribution >= 0.6 is 0 Å². The fourth-order valence-electron chi connectivity index (χ4n) is 2.62. The molecule has 0 fully saturated rings. The molecule has 2 aromatic rings. The first-order valence-corrected chi connectivity index (χ1v) is 8.34. The molecule has 8 nitrogen and oxygen atoms in total. The maximum absolute atomic E-state index is 5.35. The van der Waals surface area contributed by atoms with E-state index >= 15 is 0 Å². The molecule has 0 N–H and O–H groups in total. The lowest BCUT2D eigenvalue weighted by atomic mass is 10.1. The van der Waals surface area contributed by atoms with Gasteiger partial charge in [0.25, 0.3) is 6.79 Å². The van der Waals surface area contributed by atoms with Gasteiger partial charge in [-0.2, -0.15) is 0 Å². The maximum Gasteiger partial charge on any atom is 0.280 e. The van der Waals surface area contributed by atoms with Gasteiger partial charge in [0, 0.05) is 11.1 Å². The van der Waals surface area contributed by atoms with Gasteiger partial charge in [-0.15, -0.1) is 0 Å². The number of hydrogen-bond donors (Lipinski definition) is 0. The molecule has 2 heterocycles. The van der Waals surface area contributed by atoms with Gasteiger partial charge in [-0.25, -0.2) is 0 Å². The van der Waals surface area contributed by atoms with Crippen LogP contribution in [0, 0.1) is 0 Å². The van der Waals surface area contributed by atoms with Gasteiger partial charge in [-0.05, 0) is 50.2 Å². The van der Waals surface area contributed by atoms with Crippen LogP contribution in [0.5, 0.6) is 23.0 Å². The molecule has 0 aromatic heterocycles. The van der Waals surface area contributed by atoms with Gasteiger partial charge in [0.1, 0.15) is 0 Å². The van der Waals surface area contributed by atoms with E-state index < -0.39 is 0 Å². The first kappa shape index (κ1) is 17.0. The number of oxime groups is 2. The average molecular weight is 370 g/mol. The van der Waals surface area contributed by atoms with Crippen LogP contribution in [0.1, 0.15) is 25.0 Å².